The molecule has 0 aromatic carbocycles. The lowest BCUT2D eigenvalue weighted by molar-refractivity contribution is -0.137. The third-order valence-corrected chi connectivity index (χ3v) is 8.59. The molecule has 1 amide bonds. The first-order valence-electron chi connectivity index (χ1n) is 13.6. The zero-order valence-electron chi connectivity index (χ0n) is 23.8. The fourth-order valence-electron chi connectivity index (χ4n) is 4.53. The van der Waals surface area contributed by atoms with Crippen molar-refractivity contribution in [2.75, 3.05) is 75.0 Å². The molecule has 2 fully saturated rings. The molecule has 2 aromatic heterocycles. The van der Waals surface area contributed by atoms with Crippen LogP contribution in [0.15, 0.2) is 30.5 Å². The van der Waals surface area contributed by atoms with Crippen LogP contribution in [0.4, 0.5) is 29.6 Å². The summed E-state index contributed by atoms with van der Waals surface area (Å²) >= 11 is 0. The van der Waals surface area contributed by atoms with Crippen LogP contribution in [0.2, 0.25) is 0 Å². The molecule has 0 aliphatic carbocycles. The van der Waals surface area contributed by atoms with Gasteiger partial charge in [-0.1, -0.05) is 0 Å². The summed E-state index contributed by atoms with van der Waals surface area (Å²) in [5, 5.41) is 10.8. The summed E-state index contributed by atoms with van der Waals surface area (Å²) in [4.78, 5) is 19.7. The molecule has 2 aromatic rings. The van der Waals surface area contributed by atoms with Gasteiger partial charge in [-0.05, 0) is 45.0 Å². The minimum atomic E-state index is -4.47. The van der Waals surface area contributed by atoms with Crippen molar-refractivity contribution >= 4 is 27.8 Å². The second-order valence-corrected chi connectivity index (χ2v) is 13.2. The lowest BCUT2D eigenvalue weighted by Crippen LogP contribution is -2.50. The quantitative estimate of drug-likeness (QED) is 0.398. The van der Waals surface area contributed by atoms with Gasteiger partial charge < -0.3 is 14.4 Å². The Labute approximate surface area is 243 Å². The number of hydrogen-bond donors (Lipinski definition) is 1. The Morgan fingerprint density at radius 3 is 2.38 bits per heavy atom. The molecule has 12 nitrogen and oxygen atoms in total. The van der Waals surface area contributed by atoms with Crippen LogP contribution in [0.25, 0.3) is 0 Å². The van der Waals surface area contributed by atoms with Gasteiger partial charge in [0.05, 0.1) is 30.2 Å². The second-order valence-electron chi connectivity index (χ2n) is 11.1. The molecule has 2 saturated heterocycles. The van der Waals surface area contributed by atoms with Gasteiger partial charge in [0.15, 0.2) is 5.82 Å². The number of carbonyl (C=O) groups is 1. The van der Waals surface area contributed by atoms with Gasteiger partial charge >= 0.3 is 12.3 Å². The summed E-state index contributed by atoms with van der Waals surface area (Å²) in [5.41, 5.74) is -0.581. The summed E-state index contributed by atoms with van der Waals surface area (Å²) in [5.74, 6) is 0.523. The zero-order valence-corrected chi connectivity index (χ0v) is 24.6. The van der Waals surface area contributed by atoms with E-state index in [1.54, 1.807) is 31.7 Å². The summed E-state index contributed by atoms with van der Waals surface area (Å²) in [6, 6.07) is 5.39. The van der Waals surface area contributed by atoms with Gasteiger partial charge in [0.2, 0.25) is 10.0 Å². The van der Waals surface area contributed by atoms with Crippen LogP contribution in [0, 0.1) is 0 Å². The molecule has 0 radical (unpaired) electrons. The largest absolute Gasteiger partial charge is 0.444 e. The smallest absolute Gasteiger partial charge is 0.416 e. The van der Waals surface area contributed by atoms with E-state index in [-0.39, 0.29) is 50.3 Å². The SMILES string of the molecule is CC(C)(C)OC(=O)Nc1ccc(C2CN(CCOCCS(=O)(=O)N3CCN(c4cc(C(F)(F)F)ccn4)CC3)C2)nn1. The normalized spacial score (nSPS) is 17.6. The molecule has 232 valence electrons. The van der Waals surface area contributed by atoms with Crippen LogP contribution in [0.1, 0.15) is 37.9 Å². The van der Waals surface area contributed by atoms with Crippen molar-refractivity contribution in [1.29, 1.82) is 0 Å². The number of aromatic nitrogens is 3. The Morgan fingerprint density at radius 2 is 1.76 bits per heavy atom. The summed E-state index contributed by atoms with van der Waals surface area (Å²) < 4.78 is 76.6. The van der Waals surface area contributed by atoms with E-state index in [1.807, 2.05) is 6.07 Å². The van der Waals surface area contributed by atoms with Gasteiger partial charge in [-0.15, -0.1) is 5.10 Å². The van der Waals surface area contributed by atoms with Crippen molar-refractivity contribution in [3.63, 3.8) is 0 Å². The molecule has 16 heteroatoms. The maximum atomic E-state index is 13.0. The number of alkyl halides is 3. The zero-order chi connectivity index (χ0) is 30.5. The molecule has 0 unspecified atom stereocenters. The lowest BCUT2D eigenvalue weighted by Gasteiger charge is -2.38. The number of likely N-dealkylation sites (tertiary alicyclic amines) is 1. The molecule has 4 rings (SSSR count). The highest BCUT2D eigenvalue weighted by atomic mass is 32.2. The highest BCUT2D eigenvalue weighted by Gasteiger charge is 2.33. The average molecular weight is 616 g/mol. The molecule has 0 bridgehead atoms. The molecule has 2 aliphatic rings. The molecule has 4 heterocycles. The number of amides is 1. The Bertz CT molecular complexity index is 1310. The first kappa shape index (κ1) is 31.8. The Balaban J connectivity index is 1.10. The number of nitrogens with zero attached hydrogens (tertiary/aromatic N) is 6. The summed E-state index contributed by atoms with van der Waals surface area (Å²) in [6.45, 7) is 8.74. The number of nitrogens with one attached hydrogen (secondary N) is 1. The highest BCUT2D eigenvalue weighted by Crippen LogP contribution is 2.31. The molecule has 0 atom stereocenters. The van der Waals surface area contributed by atoms with Gasteiger partial charge in [-0.25, -0.2) is 18.2 Å². The molecule has 42 heavy (non-hydrogen) atoms. The van der Waals surface area contributed by atoms with Crippen LogP contribution >= 0.6 is 0 Å². The van der Waals surface area contributed by atoms with Crippen LogP contribution in [-0.4, -0.2) is 109 Å². The van der Waals surface area contributed by atoms with E-state index in [2.05, 4.69) is 25.4 Å². The van der Waals surface area contributed by atoms with Crippen molar-refractivity contribution < 1.29 is 35.9 Å². The molecule has 0 saturated carbocycles. The topological polar surface area (TPSA) is 130 Å². The number of hydrogen-bond acceptors (Lipinski definition) is 10. The molecule has 2 aliphatic heterocycles. The van der Waals surface area contributed by atoms with E-state index >= 15 is 0 Å². The Kier molecular flexibility index (Phi) is 9.90. The Morgan fingerprint density at radius 1 is 1.05 bits per heavy atom. The fourth-order valence-corrected chi connectivity index (χ4v) is 5.83. The van der Waals surface area contributed by atoms with Crippen LogP contribution in [0.5, 0.6) is 0 Å². The predicted molar refractivity (Wildman–Crippen MR) is 149 cm³/mol. The van der Waals surface area contributed by atoms with Crippen LogP contribution < -0.4 is 10.2 Å². The number of halogens is 3. The van der Waals surface area contributed by atoms with E-state index < -0.39 is 33.5 Å². The van der Waals surface area contributed by atoms with Crippen molar-refractivity contribution in [2.45, 2.75) is 38.5 Å². The van der Waals surface area contributed by atoms with Crippen molar-refractivity contribution in [2.24, 2.45) is 0 Å². The minimum absolute atomic E-state index is 0.0482. The van der Waals surface area contributed by atoms with Crippen LogP contribution in [-0.2, 0) is 25.7 Å². The van der Waals surface area contributed by atoms with Crippen molar-refractivity contribution in [1.82, 2.24) is 24.4 Å². The summed E-state index contributed by atoms with van der Waals surface area (Å²) in [7, 11) is -3.56. The first-order chi connectivity index (χ1) is 19.7. The fraction of sp³-hybridized carbons (Fsp3) is 0.615. The molecule has 1 N–H and O–H groups in total. The van der Waals surface area contributed by atoms with Crippen molar-refractivity contribution in [3.8, 4) is 0 Å². The molecule has 0 spiro atoms. The molecular formula is C26H36F3N7O5S. The average Bonchev–Trinajstić information content (AvgIpc) is 2.89. The monoisotopic (exact) mass is 615 g/mol. The van der Waals surface area contributed by atoms with Gasteiger partial charge in [0, 0.05) is 57.9 Å². The van der Waals surface area contributed by atoms with E-state index in [0.29, 0.717) is 19.0 Å². The number of piperazine rings is 1. The molecular weight excluding hydrogens is 579 g/mol. The standard InChI is InChI=1S/C26H36F3N7O5S/c1-25(2,3)41-24(37)31-22-5-4-21(32-33-22)19-17-34(18-19)12-13-40-14-15-42(38,39)36-10-8-35(9-11-36)23-16-20(6-7-30-23)26(27,28)29/h4-7,16,19H,8-15,17-18H2,1-3H3,(H,31,33,37). The van der Waals surface area contributed by atoms with Gasteiger partial charge in [0.25, 0.3) is 0 Å². The Hall–Kier alpha value is -3.08. The van der Waals surface area contributed by atoms with Crippen LogP contribution in [0.3, 0.4) is 0 Å². The maximum absolute atomic E-state index is 13.0. The maximum Gasteiger partial charge on any atom is 0.416 e. The number of anilines is 2. The number of rotatable bonds is 10. The van der Waals surface area contributed by atoms with E-state index in [1.165, 1.54) is 4.31 Å². The first-order valence-corrected chi connectivity index (χ1v) is 15.2. The van der Waals surface area contributed by atoms with E-state index in [9.17, 15) is 26.4 Å². The third kappa shape index (κ3) is 8.96. The number of sulfonamides is 1. The van der Waals surface area contributed by atoms with Crippen molar-refractivity contribution in [3.05, 3.63) is 41.7 Å². The van der Waals surface area contributed by atoms with Gasteiger partial charge in [-0.3, -0.25) is 10.2 Å². The number of carbonyl (C=O) groups excluding carboxylic acids is 1. The highest BCUT2D eigenvalue weighted by molar-refractivity contribution is 7.89. The predicted octanol–water partition coefficient (Wildman–Crippen LogP) is 2.81. The number of pyridine rings is 1. The third-order valence-electron chi connectivity index (χ3n) is 6.76. The van der Waals surface area contributed by atoms with Gasteiger partial charge in [0.1, 0.15) is 11.4 Å². The number of ether oxygens (including phenoxy) is 2. The second kappa shape index (κ2) is 13.1. The van der Waals surface area contributed by atoms with E-state index in [4.69, 9.17) is 9.47 Å². The van der Waals surface area contributed by atoms with Gasteiger partial charge in [-0.2, -0.15) is 22.6 Å². The minimum Gasteiger partial charge on any atom is -0.444 e. The summed E-state index contributed by atoms with van der Waals surface area (Å²) in [6.07, 6.45) is -3.95. The van der Waals surface area contributed by atoms with E-state index in [0.717, 1.165) is 37.1 Å². The lowest BCUT2D eigenvalue weighted by atomic mass is 9.96.